The van der Waals surface area contributed by atoms with E-state index >= 15 is 0 Å². The lowest BCUT2D eigenvalue weighted by atomic mass is 9.89. The van der Waals surface area contributed by atoms with Gasteiger partial charge in [0.25, 0.3) is 0 Å². The SMILES string of the molecule is NC1(C(=O)N2CCCS(=O)(=O)CC2)CCOCC1. The predicted molar refractivity (Wildman–Crippen MR) is 66.8 cm³/mol. The van der Waals surface area contributed by atoms with Gasteiger partial charge in [-0.05, 0) is 19.3 Å². The standard InChI is InChI=1S/C11H20N2O4S/c12-11(2-6-17-7-3-11)10(14)13-4-1-8-18(15,16)9-5-13/h1-9,12H2. The van der Waals surface area contributed by atoms with Crippen LogP contribution in [0.1, 0.15) is 19.3 Å². The van der Waals surface area contributed by atoms with Crippen molar-refractivity contribution < 1.29 is 17.9 Å². The van der Waals surface area contributed by atoms with Crippen LogP contribution in [0.2, 0.25) is 0 Å². The monoisotopic (exact) mass is 276 g/mol. The first-order chi connectivity index (χ1) is 8.43. The molecule has 0 unspecified atom stereocenters. The Bertz CT molecular complexity index is 415. The molecule has 2 rings (SSSR count). The van der Waals surface area contributed by atoms with Gasteiger partial charge in [-0.1, -0.05) is 0 Å². The summed E-state index contributed by atoms with van der Waals surface area (Å²) >= 11 is 0. The molecule has 104 valence electrons. The van der Waals surface area contributed by atoms with Crippen LogP contribution in [0.3, 0.4) is 0 Å². The molecule has 0 spiro atoms. The normalized spacial score (nSPS) is 27.5. The van der Waals surface area contributed by atoms with Crippen molar-refractivity contribution in [3.8, 4) is 0 Å². The summed E-state index contributed by atoms with van der Waals surface area (Å²) in [4.78, 5) is 14.0. The molecule has 2 saturated heterocycles. The minimum absolute atomic E-state index is 0.0469. The summed E-state index contributed by atoms with van der Waals surface area (Å²) in [5, 5.41) is 0. The lowest BCUT2D eigenvalue weighted by molar-refractivity contribution is -0.140. The third-order valence-electron chi connectivity index (χ3n) is 3.65. The molecular weight excluding hydrogens is 256 g/mol. The maximum Gasteiger partial charge on any atom is 0.242 e. The Kier molecular flexibility index (Phi) is 3.93. The lowest BCUT2D eigenvalue weighted by Gasteiger charge is -2.36. The van der Waals surface area contributed by atoms with E-state index in [-0.39, 0.29) is 24.0 Å². The second-order valence-electron chi connectivity index (χ2n) is 5.07. The summed E-state index contributed by atoms with van der Waals surface area (Å²) < 4.78 is 28.2. The number of nitrogens with zero attached hydrogens (tertiary/aromatic N) is 1. The highest BCUT2D eigenvalue weighted by atomic mass is 32.2. The van der Waals surface area contributed by atoms with E-state index < -0.39 is 15.4 Å². The average molecular weight is 276 g/mol. The smallest absolute Gasteiger partial charge is 0.242 e. The van der Waals surface area contributed by atoms with E-state index in [2.05, 4.69) is 0 Å². The largest absolute Gasteiger partial charge is 0.381 e. The van der Waals surface area contributed by atoms with Crippen molar-refractivity contribution in [3.05, 3.63) is 0 Å². The molecule has 2 heterocycles. The van der Waals surface area contributed by atoms with Gasteiger partial charge in [0.15, 0.2) is 9.84 Å². The van der Waals surface area contributed by atoms with Gasteiger partial charge in [0.05, 0.1) is 17.0 Å². The molecule has 2 aliphatic rings. The van der Waals surface area contributed by atoms with Gasteiger partial charge in [-0.15, -0.1) is 0 Å². The Labute approximate surface area is 107 Å². The number of rotatable bonds is 1. The van der Waals surface area contributed by atoms with Crippen molar-refractivity contribution in [1.82, 2.24) is 4.90 Å². The van der Waals surface area contributed by atoms with E-state index in [1.807, 2.05) is 0 Å². The third kappa shape index (κ3) is 3.02. The predicted octanol–water partition coefficient (Wildman–Crippen LogP) is -0.859. The minimum Gasteiger partial charge on any atom is -0.381 e. The number of ether oxygens (including phenoxy) is 1. The molecule has 6 nitrogen and oxygen atoms in total. The average Bonchev–Trinajstić information content (AvgIpc) is 2.50. The zero-order valence-corrected chi connectivity index (χ0v) is 11.2. The Morgan fingerprint density at radius 1 is 1.17 bits per heavy atom. The third-order valence-corrected chi connectivity index (χ3v) is 5.37. The molecule has 0 aromatic heterocycles. The fourth-order valence-electron chi connectivity index (χ4n) is 2.41. The molecule has 0 saturated carbocycles. The minimum atomic E-state index is -3.00. The Morgan fingerprint density at radius 3 is 2.50 bits per heavy atom. The molecule has 0 bridgehead atoms. The van der Waals surface area contributed by atoms with Crippen LogP contribution in [0.5, 0.6) is 0 Å². The maximum atomic E-state index is 12.4. The van der Waals surface area contributed by atoms with Gasteiger partial charge in [0.1, 0.15) is 0 Å². The highest BCUT2D eigenvalue weighted by molar-refractivity contribution is 7.91. The van der Waals surface area contributed by atoms with Crippen LogP contribution < -0.4 is 5.73 Å². The van der Waals surface area contributed by atoms with Crippen LogP contribution in [0.4, 0.5) is 0 Å². The molecule has 0 aromatic rings. The van der Waals surface area contributed by atoms with Crippen LogP contribution in [-0.4, -0.2) is 62.6 Å². The van der Waals surface area contributed by atoms with E-state index in [1.165, 1.54) is 0 Å². The molecule has 7 heteroatoms. The molecule has 2 N–H and O–H groups in total. The molecule has 1 amide bonds. The Balaban J connectivity index is 2.04. The van der Waals surface area contributed by atoms with Gasteiger partial charge in [0.2, 0.25) is 5.91 Å². The summed E-state index contributed by atoms with van der Waals surface area (Å²) in [6.07, 6.45) is 1.52. The van der Waals surface area contributed by atoms with Gasteiger partial charge < -0.3 is 15.4 Å². The molecule has 2 fully saturated rings. The second kappa shape index (κ2) is 5.14. The molecule has 0 atom stereocenters. The second-order valence-corrected chi connectivity index (χ2v) is 7.37. The summed E-state index contributed by atoms with van der Waals surface area (Å²) in [6.45, 7) is 1.74. The number of hydrogen-bond donors (Lipinski definition) is 1. The van der Waals surface area contributed by atoms with Crippen LogP contribution in [0.25, 0.3) is 0 Å². The Morgan fingerprint density at radius 2 is 1.83 bits per heavy atom. The number of carbonyl (C=O) groups excluding carboxylic acids is 1. The summed E-state index contributed by atoms with van der Waals surface area (Å²) in [5.41, 5.74) is 5.26. The maximum absolute atomic E-state index is 12.4. The fraction of sp³-hybridized carbons (Fsp3) is 0.909. The van der Waals surface area contributed by atoms with Gasteiger partial charge in [-0.25, -0.2) is 8.42 Å². The molecular formula is C11H20N2O4S. The van der Waals surface area contributed by atoms with Crippen LogP contribution in [0, 0.1) is 0 Å². The Hall–Kier alpha value is -0.660. The number of sulfone groups is 1. The van der Waals surface area contributed by atoms with Crippen molar-refractivity contribution in [1.29, 1.82) is 0 Å². The molecule has 0 radical (unpaired) electrons. The number of hydrogen-bond acceptors (Lipinski definition) is 5. The van der Waals surface area contributed by atoms with E-state index in [0.717, 1.165) is 0 Å². The molecule has 18 heavy (non-hydrogen) atoms. The van der Waals surface area contributed by atoms with E-state index in [1.54, 1.807) is 4.90 Å². The van der Waals surface area contributed by atoms with Crippen molar-refractivity contribution in [2.24, 2.45) is 5.73 Å². The van der Waals surface area contributed by atoms with Crippen LogP contribution in [-0.2, 0) is 19.4 Å². The summed E-state index contributed by atoms with van der Waals surface area (Å²) in [6, 6.07) is 0. The lowest BCUT2D eigenvalue weighted by Crippen LogP contribution is -2.58. The number of carbonyl (C=O) groups is 1. The number of amides is 1. The van der Waals surface area contributed by atoms with E-state index in [4.69, 9.17) is 10.5 Å². The van der Waals surface area contributed by atoms with Crippen molar-refractivity contribution in [2.75, 3.05) is 37.8 Å². The zero-order valence-electron chi connectivity index (χ0n) is 10.4. The van der Waals surface area contributed by atoms with Crippen LogP contribution >= 0.6 is 0 Å². The topological polar surface area (TPSA) is 89.7 Å². The van der Waals surface area contributed by atoms with Gasteiger partial charge in [-0.2, -0.15) is 0 Å². The van der Waals surface area contributed by atoms with Crippen molar-refractivity contribution >= 4 is 15.7 Å². The first kappa shape index (κ1) is 13.8. The highest BCUT2D eigenvalue weighted by Gasteiger charge is 2.39. The van der Waals surface area contributed by atoms with E-state index in [9.17, 15) is 13.2 Å². The summed E-state index contributed by atoms with van der Waals surface area (Å²) in [5.74, 6) is 0.0888. The molecule has 2 aliphatic heterocycles. The first-order valence-corrected chi connectivity index (χ1v) is 8.12. The molecule has 0 aliphatic carbocycles. The quantitative estimate of drug-likeness (QED) is 0.673. The van der Waals surface area contributed by atoms with Gasteiger partial charge in [0, 0.05) is 26.3 Å². The highest BCUT2D eigenvalue weighted by Crippen LogP contribution is 2.21. The number of nitrogens with two attached hydrogens (primary N) is 1. The van der Waals surface area contributed by atoms with Crippen molar-refractivity contribution in [3.63, 3.8) is 0 Å². The van der Waals surface area contributed by atoms with Gasteiger partial charge >= 0.3 is 0 Å². The zero-order chi connectivity index (χ0) is 13.2. The summed E-state index contributed by atoms with van der Waals surface area (Å²) in [7, 11) is -3.00. The molecule has 0 aromatic carbocycles. The van der Waals surface area contributed by atoms with Gasteiger partial charge in [-0.3, -0.25) is 4.79 Å². The van der Waals surface area contributed by atoms with E-state index in [0.29, 0.717) is 39.0 Å². The first-order valence-electron chi connectivity index (χ1n) is 6.29. The fourth-order valence-corrected chi connectivity index (χ4v) is 3.68. The van der Waals surface area contributed by atoms with Crippen LogP contribution in [0.15, 0.2) is 0 Å². The van der Waals surface area contributed by atoms with Crippen molar-refractivity contribution in [2.45, 2.75) is 24.8 Å².